The molecule has 0 spiro atoms. The van der Waals surface area contributed by atoms with Gasteiger partial charge in [-0.3, -0.25) is 0 Å². The maximum atomic E-state index is 14.6. The maximum Gasteiger partial charge on any atom is 0.129 e. The molecule has 0 heterocycles. The van der Waals surface area contributed by atoms with Gasteiger partial charge in [0.05, 0.1) is 0 Å². The Morgan fingerprint density at radius 1 is 0.788 bits per heavy atom. The second-order valence-electron chi connectivity index (χ2n) is 10.6. The third-order valence-corrected chi connectivity index (χ3v) is 8.03. The molecule has 0 saturated heterocycles. The monoisotopic (exact) mass is 456 g/mol. The Hall–Kier alpha value is -1.44. The number of rotatable bonds is 13. The van der Waals surface area contributed by atoms with Crippen molar-refractivity contribution in [1.29, 1.82) is 0 Å². The van der Waals surface area contributed by atoms with Gasteiger partial charge < -0.3 is 0 Å². The van der Waals surface area contributed by atoms with Crippen LogP contribution < -0.4 is 0 Å². The van der Waals surface area contributed by atoms with Gasteiger partial charge in [-0.2, -0.15) is 0 Å². The maximum absolute atomic E-state index is 14.6. The number of hydrogen-bond acceptors (Lipinski definition) is 0. The first-order valence-electron chi connectivity index (χ1n) is 14.0. The van der Waals surface area contributed by atoms with Crippen molar-refractivity contribution in [3.05, 3.63) is 58.7 Å². The summed E-state index contributed by atoms with van der Waals surface area (Å²) in [5.41, 5.74) is 2.50. The SMILES string of the molecule is CCCCCCCCC1CCC(C2=CCC(c3cc(F)c(CCCCC)c(F)c3)C=C2)CC1. The summed E-state index contributed by atoms with van der Waals surface area (Å²) in [5.74, 6) is 0.958. The van der Waals surface area contributed by atoms with Crippen molar-refractivity contribution in [2.75, 3.05) is 0 Å². The number of unbranched alkanes of at least 4 members (excludes halogenated alkanes) is 7. The van der Waals surface area contributed by atoms with Gasteiger partial charge in [0.1, 0.15) is 11.6 Å². The van der Waals surface area contributed by atoms with Crippen LogP contribution in [0.25, 0.3) is 0 Å². The molecule has 1 aromatic rings. The molecule has 1 atom stereocenters. The summed E-state index contributed by atoms with van der Waals surface area (Å²) < 4.78 is 29.2. The van der Waals surface area contributed by atoms with Gasteiger partial charge in [-0.25, -0.2) is 8.78 Å². The van der Waals surface area contributed by atoms with Crippen LogP contribution in [0.3, 0.4) is 0 Å². The fourth-order valence-corrected chi connectivity index (χ4v) is 5.81. The molecule has 0 aromatic heterocycles. The molecule has 2 aliphatic rings. The highest BCUT2D eigenvalue weighted by molar-refractivity contribution is 5.36. The molecule has 0 bridgehead atoms. The minimum absolute atomic E-state index is 0.0893. The number of halogens is 2. The molecular formula is C31H46F2. The van der Waals surface area contributed by atoms with E-state index in [-0.39, 0.29) is 23.1 Å². The standard InChI is InChI=1S/C31H46F2/c1-3-5-7-8-9-11-12-24-14-16-25(17-15-24)26-18-20-27(21-19-26)28-22-30(32)29(31(33)23-28)13-10-6-4-2/h18-20,22-25,27H,3-17,21H2,1-2H3. The van der Waals surface area contributed by atoms with Crippen molar-refractivity contribution in [1.82, 2.24) is 0 Å². The van der Waals surface area contributed by atoms with E-state index < -0.39 is 0 Å². The third kappa shape index (κ3) is 8.08. The Morgan fingerprint density at radius 3 is 2.06 bits per heavy atom. The van der Waals surface area contributed by atoms with Crippen LogP contribution in [0.4, 0.5) is 8.78 Å². The molecule has 2 aliphatic carbocycles. The zero-order valence-electron chi connectivity index (χ0n) is 21.2. The largest absolute Gasteiger partial charge is 0.207 e. The van der Waals surface area contributed by atoms with E-state index in [1.54, 1.807) is 12.1 Å². The number of hydrogen-bond donors (Lipinski definition) is 0. The van der Waals surface area contributed by atoms with Crippen molar-refractivity contribution in [3.8, 4) is 0 Å². The lowest BCUT2D eigenvalue weighted by Crippen LogP contribution is -2.17. The highest BCUT2D eigenvalue weighted by atomic mass is 19.1. The predicted octanol–water partition coefficient (Wildman–Crippen LogP) is 10.2. The summed E-state index contributed by atoms with van der Waals surface area (Å²) >= 11 is 0. The zero-order valence-corrected chi connectivity index (χ0v) is 21.2. The normalized spacial score (nSPS) is 23.0. The van der Waals surface area contributed by atoms with Gasteiger partial charge in [-0.15, -0.1) is 0 Å². The summed E-state index contributed by atoms with van der Waals surface area (Å²) in [6.07, 6.45) is 26.2. The number of allylic oxidation sites excluding steroid dienone is 4. The molecule has 184 valence electrons. The van der Waals surface area contributed by atoms with Crippen LogP contribution in [0.2, 0.25) is 0 Å². The first-order chi connectivity index (χ1) is 16.1. The summed E-state index contributed by atoms with van der Waals surface area (Å²) in [7, 11) is 0. The molecule has 0 amide bonds. The van der Waals surface area contributed by atoms with E-state index in [1.165, 1.54) is 76.2 Å². The van der Waals surface area contributed by atoms with E-state index in [1.807, 2.05) is 0 Å². The van der Waals surface area contributed by atoms with Crippen molar-refractivity contribution in [3.63, 3.8) is 0 Å². The van der Waals surface area contributed by atoms with Crippen LogP contribution >= 0.6 is 0 Å². The third-order valence-electron chi connectivity index (χ3n) is 8.03. The predicted molar refractivity (Wildman–Crippen MR) is 138 cm³/mol. The lowest BCUT2D eigenvalue weighted by molar-refractivity contribution is 0.282. The van der Waals surface area contributed by atoms with Crippen LogP contribution in [-0.4, -0.2) is 0 Å². The second kappa shape index (κ2) is 14.1. The molecule has 0 nitrogen and oxygen atoms in total. The van der Waals surface area contributed by atoms with E-state index in [2.05, 4.69) is 32.1 Å². The van der Waals surface area contributed by atoms with Crippen molar-refractivity contribution >= 4 is 0 Å². The van der Waals surface area contributed by atoms with Crippen LogP contribution in [-0.2, 0) is 6.42 Å². The Kier molecular flexibility index (Phi) is 11.2. The van der Waals surface area contributed by atoms with Gasteiger partial charge in [0, 0.05) is 11.5 Å². The Balaban J connectivity index is 1.44. The van der Waals surface area contributed by atoms with Gasteiger partial charge in [0.2, 0.25) is 0 Å². The average molecular weight is 457 g/mol. The van der Waals surface area contributed by atoms with Crippen LogP contribution in [0.5, 0.6) is 0 Å². The highest BCUT2D eigenvalue weighted by Gasteiger charge is 2.24. The first kappa shape index (κ1) is 26.2. The summed E-state index contributed by atoms with van der Waals surface area (Å²) in [6, 6.07) is 3.15. The van der Waals surface area contributed by atoms with Crippen LogP contribution in [0.1, 0.15) is 127 Å². The number of benzene rings is 1. The van der Waals surface area contributed by atoms with E-state index in [0.717, 1.165) is 37.2 Å². The fourth-order valence-electron chi connectivity index (χ4n) is 5.81. The van der Waals surface area contributed by atoms with E-state index in [0.29, 0.717) is 12.3 Å². The van der Waals surface area contributed by atoms with E-state index in [9.17, 15) is 8.78 Å². The van der Waals surface area contributed by atoms with Crippen molar-refractivity contribution in [2.24, 2.45) is 11.8 Å². The Bertz CT molecular complexity index is 744. The van der Waals surface area contributed by atoms with Crippen molar-refractivity contribution in [2.45, 2.75) is 122 Å². The minimum atomic E-state index is -0.368. The van der Waals surface area contributed by atoms with Gasteiger partial charge in [0.15, 0.2) is 0 Å². The van der Waals surface area contributed by atoms with E-state index in [4.69, 9.17) is 0 Å². The van der Waals surface area contributed by atoms with Crippen LogP contribution in [0.15, 0.2) is 35.9 Å². The smallest absolute Gasteiger partial charge is 0.129 e. The van der Waals surface area contributed by atoms with Crippen molar-refractivity contribution < 1.29 is 8.78 Å². The van der Waals surface area contributed by atoms with Crippen LogP contribution in [0, 0.1) is 23.5 Å². The van der Waals surface area contributed by atoms with Gasteiger partial charge in [-0.1, -0.05) is 89.9 Å². The van der Waals surface area contributed by atoms with Gasteiger partial charge in [-0.05, 0) is 80.1 Å². The molecule has 1 unspecified atom stereocenters. The fraction of sp³-hybridized carbons (Fsp3) is 0.677. The molecule has 1 saturated carbocycles. The molecule has 2 heteroatoms. The lowest BCUT2D eigenvalue weighted by Gasteiger charge is -2.31. The summed E-state index contributed by atoms with van der Waals surface area (Å²) in [5, 5.41) is 0. The van der Waals surface area contributed by atoms with Gasteiger partial charge >= 0.3 is 0 Å². The quantitative estimate of drug-likeness (QED) is 0.259. The minimum Gasteiger partial charge on any atom is -0.207 e. The molecular weight excluding hydrogens is 410 g/mol. The molecule has 0 aliphatic heterocycles. The van der Waals surface area contributed by atoms with E-state index >= 15 is 0 Å². The molecule has 0 radical (unpaired) electrons. The molecule has 0 N–H and O–H groups in total. The topological polar surface area (TPSA) is 0 Å². The Morgan fingerprint density at radius 2 is 1.42 bits per heavy atom. The summed E-state index contributed by atoms with van der Waals surface area (Å²) in [6.45, 7) is 4.39. The average Bonchev–Trinajstić information content (AvgIpc) is 2.83. The lowest BCUT2D eigenvalue weighted by atomic mass is 9.75. The molecule has 1 aromatic carbocycles. The zero-order chi connectivity index (χ0) is 23.5. The summed E-state index contributed by atoms with van der Waals surface area (Å²) in [4.78, 5) is 0. The highest BCUT2D eigenvalue weighted by Crippen LogP contribution is 2.39. The van der Waals surface area contributed by atoms with Gasteiger partial charge in [0.25, 0.3) is 0 Å². The molecule has 3 rings (SSSR count). The second-order valence-corrected chi connectivity index (χ2v) is 10.6. The first-order valence-corrected chi connectivity index (χ1v) is 14.0. The Labute approximate surface area is 201 Å². The molecule has 33 heavy (non-hydrogen) atoms. The molecule has 1 fully saturated rings.